The Balaban J connectivity index is 0.00000280. The molecule has 2 aromatic carbocycles. The van der Waals surface area contributed by atoms with Crippen LogP contribution in [0.25, 0.3) is 0 Å². The minimum atomic E-state index is -3.58. The highest BCUT2D eigenvalue weighted by atomic mass is 35.5. The highest BCUT2D eigenvalue weighted by Gasteiger charge is 2.30. The second kappa shape index (κ2) is 8.84. The van der Waals surface area contributed by atoms with E-state index in [9.17, 15) is 13.2 Å². The van der Waals surface area contributed by atoms with Gasteiger partial charge in [0.1, 0.15) is 5.75 Å². The number of nitrogens with zero attached hydrogens (tertiary/aromatic N) is 1. The molecule has 2 N–H and O–H groups in total. The Labute approximate surface area is 172 Å². The Morgan fingerprint density at radius 3 is 2.54 bits per heavy atom. The minimum absolute atomic E-state index is 0. The van der Waals surface area contributed by atoms with Crippen molar-refractivity contribution in [1.29, 1.82) is 0 Å². The molecule has 0 saturated carbocycles. The molecule has 1 atom stereocenters. The van der Waals surface area contributed by atoms with Crippen LogP contribution in [0.1, 0.15) is 18.9 Å². The first kappa shape index (κ1) is 22.0. The fourth-order valence-corrected chi connectivity index (χ4v) is 4.97. The van der Waals surface area contributed by atoms with Gasteiger partial charge in [-0.2, -0.15) is 0 Å². The largest absolute Gasteiger partial charge is 0.497 e. The molecule has 1 amide bonds. The summed E-state index contributed by atoms with van der Waals surface area (Å²) in [5, 5.41) is 0. The van der Waals surface area contributed by atoms with Gasteiger partial charge in [-0.3, -0.25) is 4.79 Å². The minimum Gasteiger partial charge on any atom is -0.497 e. The van der Waals surface area contributed by atoms with Crippen molar-refractivity contribution in [1.82, 2.24) is 0 Å². The summed E-state index contributed by atoms with van der Waals surface area (Å²) < 4.78 is 30.5. The summed E-state index contributed by atoms with van der Waals surface area (Å²) in [6.07, 6.45) is 1.63. The quantitative estimate of drug-likeness (QED) is 0.745. The van der Waals surface area contributed by atoms with Crippen LogP contribution < -0.4 is 15.4 Å². The van der Waals surface area contributed by atoms with E-state index >= 15 is 0 Å². The molecule has 2 aromatic rings. The number of ether oxygens (including phenoxy) is 1. The monoisotopic (exact) mass is 424 g/mol. The topological polar surface area (TPSA) is 89.7 Å². The van der Waals surface area contributed by atoms with Gasteiger partial charge in [0.15, 0.2) is 9.84 Å². The van der Waals surface area contributed by atoms with Gasteiger partial charge in [-0.15, -0.1) is 12.4 Å². The van der Waals surface area contributed by atoms with Crippen LogP contribution in [0.3, 0.4) is 0 Å². The average Bonchev–Trinajstić information content (AvgIpc) is 2.67. The lowest BCUT2D eigenvalue weighted by Crippen LogP contribution is -2.41. The molecule has 0 radical (unpaired) electrons. The number of carbonyl (C=O) groups is 1. The molecule has 28 heavy (non-hydrogen) atoms. The molecule has 0 saturated heterocycles. The van der Waals surface area contributed by atoms with Gasteiger partial charge in [0.2, 0.25) is 5.91 Å². The number of nitrogen functional groups attached to an aromatic ring is 1. The second-order valence-electron chi connectivity index (χ2n) is 6.80. The van der Waals surface area contributed by atoms with Crippen LogP contribution in [0, 0.1) is 5.92 Å². The molecular weight excluding hydrogens is 400 g/mol. The molecule has 0 bridgehead atoms. The highest BCUT2D eigenvalue weighted by molar-refractivity contribution is 7.91. The Morgan fingerprint density at radius 1 is 1.21 bits per heavy atom. The number of anilines is 2. The number of sulfone groups is 1. The molecule has 1 aliphatic heterocycles. The Kier molecular flexibility index (Phi) is 6.96. The van der Waals surface area contributed by atoms with Gasteiger partial charge in [-0.05, 0) is 54.8 Å². The standard InChI is InChI=1S/C20H24N2O4S.ClH/c1-14(13-27(24,25)16-10-8-15(26-2)9-11-16)20(23)22-12-4-5-17-18(21)6-3-7-19(17)22;/h3,6-11,14H,4-5,12-13,21H2,1-2H3;1H. The lowest BCUT2D eigenvalue weighted by Gasteiger charge is -2.32. The number of benzene rings is 2. The number of amides is 1. The lowest BCUT2D eigenvalue weighted by atomic mass is 9.98. The predicted molar refractivity (Wildman–Crippen MR) is 113 cm³/mol. The Hall–Kier alpha value is -2.25. The normalized spacial score (nSPS) is 14.6. The van der Waals surface area contributed by atoms with E-state index in [-0.39, 0.29) is 29.0 Å². The average molecular weight is 425 g/mol. The van der Waals surface area contributed by atoms with Gasteiger partial charge in [-0.25, -0.2) is 8.42 Å². The zero-order valence-electron chi connectivity index (χ0n) is 15.9. The fourth-order valence-electron chi connectivity index (χ4n) is 3.43. The Bertz CT molecular complexity index is 945. The first-order chi connectivity index (χ1) is 12.8. The second-order valence-corrected chi connectivity index (χ2v) is 8.83. The maximum Gasteiger partial charge on any atom is 0.230 e. The van der Waals surface area contributed by atoms with E-state index in [4.69, 9.17) is 10.5 Å². The first-order valence-corrected chi connectivity index (χ1v) is 10.5. The third kappa shape index (κ3) is 4.42. The third-order valence-electron chi connectivity index (χ3n) is 4.86. The van der Waals surface area contributed by atoms with Crippen molar-refractivity contribution in [3.63, 3.8) is 0 Å². The summed E-state index contributed by atoms with van der Waals surface area (Å²) in [4.78, 5) is 14.8. The molecule has 0 fully saturated rings. The maximum atomic E-state index is 13.0. The summed E-state index contributed by atoms with van der Waals surface area (Å²) >= 11 is 0. The zero-order valence-corrected chi connectivity index (χ0v) is 17.6. The summed E-state index contributed by atoms with van der Waals surface area (Å²) in [5.41, 5.74) is 8.46. The molecule has 6 nitrogen and oxygen atoms in total. The van der Waals surface area contributed by atoms with E-state index in [1.807, 2.05) is 18.2 Å². The third-order valence-corrected chi connectivity index (χ3v) is 6.79. The van der Waals surface area contributed by atoms with Crippen molar-refractivity contribution < 1.29 is 17.9 Å². The Morgan fingerprint density at radius 2 is 1.89 bits per heavy atom. The van der Waals surface area contributed by atoms with E-state index in [1.165, 1.54) is 19.2 Å². The molecule has 0 aromatic heterocycles. The van der Waals surface area contributed by atoms with Gasteiger partial charge in [-0.1, -0.05) is 13.0 Å². The van der Waals surface area contributed by atoms with Gasteiger partial charge < -0.3 is 15.4 Å². The van der Waals surface area contributed by atoms with Crippen molar-refractivity contribution >= 4 is 39.5 Å². The maximum absolute atomic E-state index is 13.0. The summed E-state index contributed by atoms with van der Waals surface area (Å²) in [7, 11) is -2.06. The van der Waals surface area contributed by atoms with E-state index in [1.54, 1.807) is 24.0 Å². The van der Waals surface area contributed by atoms with E-state index < -0.39 is 15.8 Å². The summed E-state index contributed by atoms with van der Waals surface area (Å²) in [6, 6.07) is 11.7. The SMILES string of the molecule is COc1ccc(S(=O)(=O)CC(C)C(=O)N2CCCc3c(N)cccc32)cc1.Cl. The molecule has 1 aliphatic rings. The number of halogens is 1. The van der Waals surface area contributed by atoms with Gasteiger partial charge in [0, 0.05) is 23.8 Å². The van der Waals surface area contributed by atoms with E-state index in [2.05, 4.69) is 0 Å². The van der Waals surface area contributed by atoms with Crippen LogP contribution >= 0.6 is 12.4 Å². The molecular formula is C20H25ClN2O4S. The lowest BCUT2D eigenvalue weighted by molar-refractivity contribution is -0.121. The van der Waals surface area contributed by atoms with Gasteiger partial charge in [0.25, 0.3) is 0 Å². The van der Waals surface area contributed by atoms with Crippen LogP contribution in [-0.4, -0.2) is 33.7 Å². The van der Waals surface area contributed by atoms with Crippen molar-refractivity contribution in [3.8, 4) is 5.75 Å². The number of fused-ring (bicyclic) bond motifs is 1. The van der Waals surface area contributed by atoms with Crippen molar-refractivity contribution in [2.45, 2.75) is 24.7 Å². The summed E-state index contributed by atoms with van der Waals surface area (Å²) in [6.45, 7) is 2.23. The highest BCUT2D eigenvalue weighted by Crippen LogP contribution is 2.32. The molecule has 1 heterocycles. The van der Waals surface area contributed by atoms with Gasteiger partial charge >= 0.3 is 0 Å². The molecule has 0 aliphatic carbocycles. The molecule has 3 rings (SSSR count). The number of rotatable bonds is 5. The molecule has 152 valence electrons. The van der Waals surface area contributed by atoms with Gasteiger partial charge in [0.05, 0.1) is 17.8 Å². The zero-order chi connectivity index (χ0) is 19.6. The number of methoxy groups -OCH3 is 1. The first-order valence-electron chi connectivity index (χ1n) is 8.89. The molecule has 1 unspecified atom stereocenters. The van der Waals surface area contributed by atoms with Crippen LogP contribution in [0.4, 0.5) is 11.4 Å². The van der Waals surface area contributed by atoms with E-state index in [0.717, 1.165) is 24.1 Å². The number of hydrogen-bond donors (Lipinski definition) is 1. The molecule has 8 heteroatoms. The fraction of sp³-hybridized carbons (Fsp3) is 0.350. The smallest absolute Gasteiger partial charge is 0.230 e. The van der Waals surface area contributed by atoms with Crippen LogP contribution in [0.15, 0.2) is 47.4 Å². The number of hydrogen-bond acceptors (Lipinski definition) is 5. The van der Waals surface area contributed by atoms with Crippen LogP contribution in [0.2, 0.25) is 0 Å². The summed E-state index contributed by atoms with van der Waals surface area (Å²) in [5.74, 6) is -0.518. The number of carbonyl (C=O) groups excluding carboxylic acids is 1. The van der Waals surface area contributed by atoms with Crippen LogP contribution in [-0.2, 0) is 21.1 Å². The van der Waals surface area contributed by atoms with Crippen molar-refractivity contribution in [3.05, 3.63) is 48.0 Å². The van der Waals surface area contributed by atoms with Crippen LogP contribution in [0.5, 0.6) is 5.75 Å². The van der Waals surface area contributed by atoms with Crippen molar-refractivity contribution in [2.75, 3.05) is 30.0 Å². The van der Waals surface area contributed by atoms with Crippen molar-refractivity contribution in [2.24, 2.45) is 5.92 Å². The number of nitrogens with two attached hydrogens (primary N) is 1. The van der Waals surface area contributed by atoms with E-state index in [0.29, 0.717) is 18.0 Å². The predicted octanol–water partition coefficient (Wildman–Crippen LogP) is 3.09. The molecule has 0 spiro atoms.